The van der Waals surface area contributed by atoms with E-state index in [0.717, 1.165) is 18.6 Å². The van der Waals surface area contributed by atoms with Gasteiger partial charge in [-0.3, -0.25) is 0 Å². The molecule has 1 heterocycles. The maximum Gasteiger partial charge on any atom is 0.191 e. The molecule has 84 valence electrons. The van der Waals surface area contributed by atoms with Crippen molar-refractivity contribution < 1.29 is 4.42 Å². The van der Waals surface area contributed by atoms with Crippen molar-refractivity contribution in [2.24, 2.45) is 0 Å². The summed E-state index contributed by atoms with van der Waals surface area (Å²) in [6.07, 6.45) is 6.68. The van der Waals surface area contributed by atoms with Crippen molar-refractivity contribution in [1.29, 1.82) is 5.41 Å². The van der Waals surface area contributed by atoms with Crippen LogP contribution in [0.25, 0.3) is 0 Å². The van der Waals surface area contributed by atoms with E-state index in [4.69, 9.17) is 9.83 Å². The lowest BCUT2D eigenvalue weighted by atomic mass is 10.0. The van der Waals surface area contributed by atoms with E-state index in [1.165, 1.54) is 6.21 Å². The largest absolute Gasteiger partial charge is 0.445 e. The Balaban J connectivity index is 0.000000921. The van der Waals surface area contributed by atoms with Crippen LogP contribution in [0.5, 0.6) is 0 Å². The predicted molar refractivity (Wildman–Crippen MR) is 63.5 cm³/mol. The van der Waals surface area contributed by atoms with E-state index in [0.29, 0.717) is 5.89 Å². The molecule has 0 saturated heterocycles. The summed E-state index contributed by atoms with van der Waals surface area (Å²) in [5.74, 6) is 1.47. The molecule has 1 aromatic rings. The molecule has 0 radical (unpaired) electrons. The number of hydrogen-bond donors (Lipinski definition) is 1. The monoisotopic (exact) mass is 208 g/mol. The quantitative estimate of drug-likeness (QED) is 0.592. The van der Waals surface area contributed by atoms with E-state index in [1.807, 2.05) is 19.9 Å². The van der Waals surface area contributed by atoms with E-state index in [1.54, 1.807) is 13.1 Å². The molecule has 0 spiro atoms. The van der Waals surface area contributed by atoms with Crippen LogP contribution in [-0.2, 0) is 0 Å². The Kier molecular flexibility index (Phi) is 7.24. The summed E-state index contributed by atoms with van der Waals surface area (Å²) in [5.41, 5.74) is 0. The van der Waals surface area contributed by atoms with Crippen LogP contribution in [-0.4, -0.2) is 11.2 Å². The average molecular weight is 208 g/mol. The molecule has 0 aliphatic rings. The Hall–Kier alpha value is -1.38. The summed E-state index contributed by atoms with van der Waals surface area (Å²) < 4.78 is 5.34. The van der Waals surface area contributed by atoms with Gasteiger partial charge in [-0.15, -0.1) is 6.58 Å². The van der Waals surface area contributed by atoms with Gasteiger partial charge in [-0.25, -0.2) is 4.98 Å². The molecule has 0 aromatic carbocycles. The molecule has 0 bridgehead atoms. The lowest BCUT2D eigenvalue weighted by molar-refractivity contribution is 0.461. The summed E-state index contributed by atoms with van der Waals surface area (Å²) >= 11 is 0. The number of hydrogen-bond acceptors (Lipinski definition) is 3. The summed E-state index contributed by atoms with van der Waals surface area (Å²) in [6, 6.07) is 0. The van der Waals surface area contributed by atoms with Gasteiger partial charge in [0.15, 0.2) is 5.89 Å². The van der Waals surface area contributed by atoms with Crippen LogP contribution in [0.1, 0.15) is 44.3 Å². The summed E-state index contributed by atoms with van der Waals surface area (Å²) in [5, 5.41) is 7.24. The minimum absolute atomic E-state index is 0.0409. The van der Waals surface area contributed by atoms with Crippen molar-refractivity contribution in [2.75, 3.05) is 0 Å². The molecule has 1 N–H and O–H groups in total. The van der Waals surface area contributed by atoms with Crippen LogP contribution in [0.3, 0.4) is 0 Å². The standard InChI is InChI=1S/C10H14N2O.C2H6/c1-3-4-5-9(6-11)10-7-12-8(2)13-10;1-2/h3,6-7,9,11H,1,4-5H2,2H3;1-2H3. The fourth-order valence-corrected chi connectivity index (χ4v) is 1.15. The molecule has 1 unspecified atom stereocenters. The molecular formula is C12H20N2O. The smallest absolute Gasteiger partial charge is 0.191 e. The molecule has 3 nitrogen and oxygen atoms in total. The first kappa shape index (κ1) is 13.6. The zero-order valence-corrected chi connectivity index (χ0v) is 9.79. The third kappa shape index (κ3) is 4.58. The van der Waals surface area contributed by atoms with Crippen LogP contribution in [0, 0.1) is 12.3 Å². The maximum atomic E-state index is 7.24. The molecule has 0 amide bonds. The fraction of sp³-hybridized carbons (Fsp3) is 0.500. The van der Waals surface area contributed by atoms with Crippen LogP contribution in [0.4, 0.5) is 0 Å². The first-order valence-electron chi connectivity index (χ1n) is 5.31. The fourth-order valence-electron chi connectivity index (χ4n) is 1.15. The van der Waals surface area contributed by atoms with Crippen LogP contribution < -0.4 is 0 Å². The second-order valence-corrected chi connectivity index (χ2v) is 2.92. The highest BCUT2D eigenvalue weighted by Crippen LogP contribution is 2.19. The summed E-state index contributed by atoms with van der Waals surface area (Å²) in [6.45, 7) is 9.45. The van der Waals surface area contributed by atoms with Gasteiger partial charge in [0.2, 0.25) is 0 Å². The first-order valence-corrected chi connectivity index (χ1v) is 5.31. The maximum absolute atomic E-state index is 7.24. The van der Waals surface area contributed by atoms with E-state index in [9.17, 15) is 0 Å². The predicted octanol–water partition coefficient (Wildman–Crippen LogP) is 3.71. The Labute approximate surface area is 91.7 Å². The zero-order chi connectivity index (χ0) is 11.7. The molecule has 1 atom stereocenters. The molecule has 0 saturated carbocycles. The van der Waals surface area contributed by atoms with Crippen molar-refractivity contribution in [3.8, 4) is 0 Å². The molecule has 0 aliphatic heterocycles. The lowest BCUT2D eigenvalue weighted by Gasteiger charge is -2.04. The highest BCUT2D eigenvalue weighted by molar-refractivity contribution is 5.63. The molecule has 15 heavy (non-hydrogen) atoms. The van der Waals surface area contributed by atoms with E-state index < -0.39 is 0 Å². The average Bonchev–Trinajstić information content (AvgIpc) is 2.69. The normalized spacial score (nSPS) is 11.1. The van der Waals surface area contributed by atoms with Gasteiger partial charge in [-0.05, 0) is 12.8 Å². The van der Waals surface area contributed by atoms with Crippen LogP contribution in [0.15, 0.2) is 23.3 Å². The van der Waals surface area contributed by atoms with Crippen molar-refractivity contribution in [3.05, 3.63) is 30.5 Å². The van der Waals surface area contributed by atoms with Crippen molar-refractivity contribution >= 4 is 6.21 Å². The minimum atomic E-state index is 0.0409. The third-order valence-electron chi connectivity index (χ3n) is 1.89. The zero-order valence-electron chi connectivity index (χ0n) is 9.79. The number of nitrogens with one attached hydrogen (secondary N) is 1. The van der Waals surface area contributed by atoms with Crippen molar-refractivity contribution in [1.82, 2.24) is 4.98 Å². The van der Waals surface area contributed by atoms with Crippen LogP contribution in [0.2, 0.25) is 0 Å². The Bertz CT molecular complexity index is 292. The number of allylic oxidation sites excluding steroid dienone is 1. The van der Waals surface area contributed by atoms with E-state index in [2.05, 4.69) is 11.6 Å². The number of aromatic nitrogens is 1. The number of rotatable bonds is 5. The van der Waals surface area contributed by atoms with Gasteiger partial charge in [0, 0.05) is 13.1 Å². The van der Waals surface area contributed by atoms with Gasteiger partial charge in [-0.1, -0.05) is 19.9 Å². The highest BCUT2D eigenvalue weighted by Gasteiger charge is 2.11. The highest BCUT2D eigenvalue weighted by atomic mass is 16.4. The number of oxazole rings is 1. The molecule has 1 aromatic heterocycles. The molecular weight excluding hydrogens is 188 g/mol. The van der Waals surface area contributed by atoms with Gasteiger partial charge in [0.1, 0.15) is 5.76 Å². The summed E-state index contributed by atoms with van der Waals surface area (Å²) in [7, 11) is 0. The van der Waals surface area contributed by atoms with Crippen molar-refractivity contribution in [2.45, 2.75) is 39.5 Å². The molecule has 0 aliphatic carbocycles. The molecule has 0 fully saturated rings. The van der Waals surface area contributed by atoms with Gasteiger partial charge in [0.25, 0.3) is 0 Å². The van der Waals surface area contributed by atoms with Crippen molar-refractivity contribution in [3.63, 3.8) is 0 Å². The van der Waals surface area contributed by atoms with Crippen LogP contribution >= 0.6 is 0 Å². The van der Waals surface area contributed by atoms with E-state index >= 15 is 0 Å². The third-order valence-corrected chi connectivity index (χ3v) is 1.89. The molecule has 3 heteroatoms. The minimum Gasteiger partial charge on any atom is -0.445 e. The second kappa shape index (κ2) is 7.97. The van der Waals surface area contributed by atoms with Gasteiger partial charge in [0.05, 0.1) is 12.1 Å². The number of aryl methyl sites for hydroxylation is 1. The van der Waals surface area contributed by atoms with Gasteiger partial charge >= 0.3 is 0 Å². The van der Waals surface area contributed by atoms with Gasteiger partial charge in [-0.2, -0.15) is 0 Å². The Morgan fingerprint density at radius 3 is 2.67 bits per heavy atom. The molecule has 1 rings (SSSR count). The lowest BCUT2D eigenvalue weighted by Crippen LogP contribution is -1.97. The Morgan fingerprint density at radius 2 is 2.27 bits per heavy atom. The summed E-state index contributed by atoms with van der Waals surface area (Å²) in [4.78, 5) is 4.00. The first-order chi connectivity index (χ1) is 7.27. The Morgan fingerprint density at radius 1 is 1.60 bits per heavy atom. The van der Waals surface area contributed by atoms with Gasteiger partial charge < -0.3 is 9.83 Å². The second-order valence-electron chi connectivity index (χ2n) is 2.92. The SMILES string of the molecule is C=CCCC(C=N)c1cnc(C)o1.CC. The topological polar surface area (TPSA) is 49.9 Å². The van der Waals surface area contributed by atoms with E-state index in [-0.39, 0.29) is 5.92 Å². The number of nitrogens with zero attached hydrogens (tertiary/aromatic N) is 1.